The average Bonchev–Trinajstić information content (AvgIpc) is 2.74. The van der Waals surface area contributed by atoms with E-state index in [9.17, 15) is 15.0 Å². The van der Waals surface area contributed by atoms with Crippen molar-refractivity contribution < 1.29 is 29.2 Å². The highest BCUT2D eigenvalue weighted by Gasteiger charge is 2.43. The van der Waals surface area contributed by atoms with Crippen LogP contribution in [0.4, 0.5) is 0 Å². The summed E-state index contributed by atoms with van der Waals surface area (Å²) < 4.78 is 15.8. The van der Waals surface area contributed by atoms with Crippen molar-refractivity contribution in [2.45, 2.75) is 31.5 Å². The molecule has 0 radical (unpaired) electrons. The Bertz CT molecular complexity index is 738. The maximum Gasteiger partial charge on any atom is 0.336 e. The molecular weight excluding hydrogens is 292 g/mol. The van der Waals surface area contributed by atoms with Gasteiger partial charge in [-0.05, 0) is 24.6 Å². The third kappa shape index (κ3) is 2.59. The van der Waals surface area contributed by atoms with Crippen molar-refractivity contribution in [1.29, 1.82) is 0 Å². The monoisotopic (exact) mass is 308 g/mol. The Hall–Kier alpha value is -1.93. The summed E-state index contributed by atoms with van der Waals surface area (Å²) in [6, 6.07) is 6.28. The van der Waals surface area contributed by atoms with Gasteiger partial charge in [0, 0.05) is 17.5 Å². The Labute approximate surface area is 125 Å². The quantitative estimate of drug-likeness (QED) is 0.680. The van der Waals surface area contributed by atoms with Gasteiger partial charge < -0.3 is 29.2 Å². The van der Waals surface area contributed by atoms with E-state index in [0.29, 0.717) is 11.3 Å². The lowest BCUT2D eigenvalue weighted by Gasteiger charge is -2.17. The van der Waals surface area contributed by atoms with Crippen molar-refractivity contribution in [1.82, 2.24) is 0 Å². The highest BCUT2D eigenvalue weighted by Crippen LogP contribution is 2.27. The topological polar surface area (TPSA) is 109 Å². The van der Waals surface area contributed by atoms with E-state index in [1.807, 2.05) is 0 Å². The molecule has 2 aromatic rings. The minimum Gasteiger partial charge on any atom is -0.462 e. The second-order valence-corrected chi connectivity index (χ2v) is 5.23. The number of hydrogen-bond donors (Lipinski definition) is 3. The summed E-state index contributed by atoms with van der Waals surface area (Å²) in [7, 11) is 0. The van der Waals surface area contributed by atoms with E-state index >= 15 is 0 Å². The van der Waals surface area contributed by atoms with Crippen molar-refractivity contribution >= 4 is 11.0 Å². The van der Waals surface area contributed by atoms with E-state index in [4.69, 9.17) is 19.0 Å². The second-order valence-electron chi connectivity index (χ2n) is 5.23. The number of aryl methyl sites for hydroxylation is 1. The Kier molecular flexibility index (Phi) is 3.88. The van der Waals surface area contributed by atoms with Crippen molar-refractivity contribution in [2.75, 3.05) is 6.61 Å². The lowest BCUT2D eigenvalue weighted by molar-refractivity contribution is -0.116. The summed E-state index contributed by atoms with van der Waals surface area (Å²) in [6.45, 7) is 1.37. The predicted molar refractivity (Wildman–Crippen MR) is 75.6 cm³/mol. The fraction of sp³-hybridized carbons (Fsp3) is 0.400. The number of ether oxygens (including phenoxy) is 2. The Morgan fingerprint density at radius 2 is 2.00 bits per heavy atom. The van der Waals surface area contributed by atoms with E-state index in [-0.39, 0.29) is 0 Å². The standard InChI is InChI=1S/C15H16O7/c1-7-4-12(17)21-10-5-8(2-3-9(7)10)20-15-14(19)13(18)11(6-16)22-15/h2-5,11,13-16,18-19H,6H2,1H3/t11-,13-,14+,15-/m0/s1. The van der Waals surface area contributed by atoms with E-state index in [1.165, 1.54) is 12.1 Å². The molecule has 0 unspecified atom stereocenters. The van der Waals surface area contributed by atoms with E-state index in [1.54, 1.807) is 19.1 Å². The van der Waals surface area contributed by atoms with Crippen LogP contribution in [0, 0.1) is 6.92 Å². The number of aliphatic hydroxyl groups excluding tert-OH is 3. The van der Waals surface area contributed by atoms with Gasteiger partial charge >= 0.3 is 5.63 Å². The smallest absolute Gasteiger partial charge is 0.336 e. The van der Waals surface area contributed by atoms with Crippen LogP contribution in [0.3, 0.4) is 0 Å². The van der Waals surface area contributed by atoms with Crippen molar-refractivity contribution in [3.8, 4) is 5.75 Å². The summed E-state index contributed by atoms with van der Waals surface area (Å²) in [5, 5.41) is 29.3. The molecule has 3 N–H and O–H groups in total. The summed E-state index contributed by atoms with van der Waals surface area (Å²) in [5.74, 6) is 0.316. The summed E-state index contributed by atoms with van der Waals surface area (Å²) in [4.78, 5) is 11.4. The van der Waals surface area contributed by atoms with Crippen LogP contribution in [0.15, 0.2) is 33.5 Å². The first kappa shape index (κ1) is 15.0. The van der Waals surface area contributed by atoms with Gasteiger partial charge in [0.05, 0.1) is 6.61 Å². The minimum absolute atomic E-state index is 0.316. The number of fused-ring (bicyclic) bond motifs is 1. The molecule has 4 atom stereocenters. The van der Waals surface area contributed by atoms with Crippen LogP contribution in [-0.2, 0) is 4.74 Å². The molecule has 22 heavy (non-hydrogen) atoms. The van der Waals surface area contributed by atoms with Crippen LogP contribution in [0.2, 0.25) is 0 Å². The maximum absolute atomic E-state index is 11.4. The fourth-order valence-corrected chi connectivity index (χ4v) is 2.48. The van der Waals surface area contributed by atoms with Gasteiger partial charge in [0.1, 0.15) is 29.6 Å². The summed E-state index contributed by atoms with van der Waals surface area (Å²) in [5.41, 5.74) is 0.676. The Morgan fingerprint density at radius 1 is 1.23 bits per heavy atom. The molecule has 0 spiro atoms. The second kappa shape index (κ2) is 5.69. The molecule has 7 nitrogen and oxygen atoms in total. The molecule has 1 aliphatic heterocycles. The first-order valence-electron chi connectivity index (χ1n) is 6.83. The Balaban J connectivity index is 1.87. The van der Waals surface area contributed by atoms with Gasteiger partial charge in [0.25, 0.3) is 0 Å². The zero-order valence-electron chi connectivity index (χ0n) is 11.8. The molecule has 1 saturated heterocycles. The van der Waals surface area contributed by atoms with Crippen molar-refractivity contribution in [3.63, 3.8) is 0 Å². The third-order valence-corrected chi connectivity index (χ3v) is 3.67. The van der Waals surface area contributed by atoms with Gasteiger partial charge in [0.2, 0.25) is 6.29 Å². The SMILES string of the molecule is Cc1cc(=O)oc2cc(O[C@H]3O[C@@H](CO)[C@H](O)[C@H]3O)ccc12. The average molecular weight is 308 g/mol. The normalized spacial score (nSPS) is 28.2. The van der Waals surface area contributed by atoms with E-state index in [0.717, 1.165) is 10.9 Å². The van der Waals surface area contributed by atoms with Crippen molar-refractivity contribution in [2.24, 2.45) is 0 Å². The molecular formula is C15H16O7. The highest BCUT2D eigenvalue weighted by atomic mass is 16.7. The lowest BCUT2D eigenvalue weighted by atomic mass is 10.1. The number of aliphatic hydroxyl groups is 3. The molecule has 1 aromatic carbocycles. The molecule has 0 saturated carbocycles. The van der Waals surface area contributed by atoms with E-state index < -0.39 is 36.8 Å². The molecule has 3 rings (SSSR count). The minimum atomic E-state index is -1.28. The first-order valence-corrected chi connectivity index (χ1v) is 6.83. The number of hydrogen-bond acceptors (Lipinski definition) is 7. The van der Waals surface area contributed by atoms with Crippen molar-refractivity contribution in [3.05, 3.63) is 40.2 Å². The molecule has 118 valence electrons. The predicted octanol–water partition coefficient (Wildman–Crippen LogP) is -0.0808. The molecule has 7 heteroatoms. The Morgan fingerprint density at radius 3 is 2.68 bits per heavy atom. The lowest BCUT2D eigenvalue weighted by Crippen LogP contribution is -2.35. The number of benzene rings is 1. The zero-order valence-corrected chi connectivity index (χ0v) is 11.8. The van der Waals surface area contributed by atoms with Gasteiger partial charge in [-0.15, -0.1) is 0 Å². The van der Waals surface area contributed by atoms with Crippen LogP contribution in [0.1, 0.15) is 5.56 Å². The number of rotatable bonds is 3. The molecule has 0 bridgehead atoms. The van der Waals surface area contributed by atoms with Crippen LogP contribution in [-0.4, -0.2) is 46.5 Å². The van der Waals surface area contributed by atoms with Gasteiger partial charge in [-0.3, -0.25) is 0 Å². The molecule has 1 aromatic heterocycles. The molecule has 2 heterocycles. The van der Waals surface area contributed by atoms with Crippen LogP contribution >= 0.6 is 0 Å². The summed E-state index contributed by atoms with van der Waals surface area (Å²) >= 11 is 0. The van der Waals surface area contributed by atoms with Gasteiger partial charge in [0.15, 0.2) is 0 Å². The highest BCUT2D eigenvalue weighted by molar-refractivity contribution is 5.81. The van der Waals surface area contributed by atoms with Crippen LogP contribution in [0.5, 0.6) is 5.75 Å². The zero-order chi connectivity index (χ0) is 15.9. The van der Waals surface area contributed by atoms with Gasteiger partial charge in [-0.2, -0.15) is 0 Å². The van der Waals surface area contributed by atoms with E-state index in [2.05, 4.69) is 0 Å². The molecule has 0 amide bonds. The molecule has 1 aliphatic rings. The van der Waals surface area contributed by atoms with Gasteiger partial charge in [-0.25, -0.2) is 4.79 Å². The van der Waals surface area contributed by atoms with Crippen LogP contribution < -0.4 is 10.4 Å². The van der Waals surface area contributed by atoms with Gasteiger partial charge in [-0.1, -0.05) is 0 Å². The largest absolute Gasteiger partial charge is 0.462 e. The molecule has 1 fully saturated rings. The van der Waals surface area contributed by atoms with Crippen LogP contribution in [0.25, 0.3) is 11.0 Å². The third-order valence-electron chi connectivity index (χ3n) is 3.67. The fourth-order valence-electron chi connectivity index (χ4n) is 2.48. The maximum atomic E-state index is 11.4. The molecule has 0 aliphatic carbocycles. The first-order chi connectivity index (χ1) is 10.5. The summed E-state index contributed by atoms with van der Waals surface area (Å²) in [6.07, 6.45) is -4.52.